The summed E-state index contributed by atoms with van der Waals surface area (Å²) in [5.74, 6) is -0.238. The molecule has 1 saturated heterocycles. The highest BCUT2D eigenvalue weighted by atomic mass is 16.2. The van der Waals surface area contributed by atoms with Crippen LogP contribution in [0.3, 0.4) is 0 Å². The predicted octanol–water partition coefficient (Wildman–Crippen LogP) is -0.0181. The standard InChI is InChI=1S/C14H23N3O3/c1-13(2,3)15-11(19)14(4-5-14)12(20)17-8-6-16(10-18)7-9-17/h10H,4-9H2,1-3H3,(H,15,19). The van der Waals surface area contributed by atoms with E-state index < -0.39 is 5.41 Å². The van der Waals surface area contributed by atoms with Crippen molar-refractivity contribution in [2.45, 2.75) is 39.2 Å². The third kappa shape index (κ3) is 2.94. The molecule has 112 valence electrons. The van der Waals surface area contributed by atoms with Crippen LogP contribution in [0.2, 0.25) is 0 Å². The first-order chi connectivity index (χ1) is 9.28. The smallest absolute Gasteiger partial charge is 0.238 e. The van der Waals surface area contributed by atoms with E-state index in [9.17, 15) is 14.4 Å². The lowest BCUT2D eigenvalue weighted by molar-refractivity contribution is -0.147. The van der Waals surface area contributed by atoms with Crippen molar-refractivity contribution in [3.63, 3.8) is 0 Å². The lowest BCUT2D eigenvalue weighted by Gasteiger charge is -2.35. The molecule has 1 aliphatic carbocycles. The summed E-state index contributed by atoms with van der Waals surface area (Å²) in [5, 5.41) is 2.91. The van der Waals surface area contributed by atoms with Crippen LogP contribution in [0.15, 0.2) is 0 Å². The van der Waals surface area contributed by atoms with Crippen molar-refractivity contribution in [2.75, 3.05) is 26.2 Å². The average Bonchev–Trinajstić information content (AvgIpc) is 3.17. The van der Waals surface area contributed by atoms with Gasteiger partial charge in [0, 0.05) is 31.7 Å². The normalized spacial score (nSPS) is 21.4. The van der Waals surface area contributed by atoms with Crippen LogP contribution in [0.5, 0.6) is 0 Å². The second-order valence-corrected chi connectivity index (χ2v) is 6.72. The minimum Gasteiger partial charge on any atom is -0.351 e. The summed E-state index contributed by atoms with van der Waals surface area (Å²) in [5.41, 5.74) is -1.18. The Bertz CT molecular complexity index is 416. The van der Waals surface area contributed by atoms with Gasteiger partial charge in [0.05, 0.1) is 0 Å². The zero-order valence-corrected chi connectivity index (χ0v) is 12.4. The summed E-state index contributed by atoms with van der Waals surface area (Å²) < 4.78 is 0. The first kappa shape index (κ1) is 14.8. The van der Waals surface area contributed by atoms with Crippen molar-refractivity contribution < 1.29 is 14.4 Å². The van der Waals surface area contributed by atoms with E-state index in [0.717, 1.165) is 6.41 Å². The SMILES string of the molecule is CC(C)(C)NC(=O)C1(C(=O)N2CCN(C=O)CC2)CC1. The van der Waals surface area contributed by atoms with Crippen molar-refractivity contribution in [3.05, 3.63) is 0 Å². The highest BCUT2D eigenvalue weighted by Crippen LogP contribution is 2.48. The number of hydrogen-bond acceptors (Lipinski definition) is 3. The van der Waals surface area contributed by atoms with Gasteiger partial charge in [-0.2, -0.15) is 0 Å². The van der Waals surface area contributed by atoms with Crippen LogP contribution in [-0.4, -0.2) is 59.7 Å². The van der Waals surface area contributed by atoms with Crippen molar-refractivity contribution >= 4 is 18.2 Å². The molecule has 1 aliphatic heterocycles. The van der Waals surface area contributed by atoms with Crippen LogP contribution < -0.4 is 5.32 Å². The van der Waals surface area contributed by atoms with Crippen LogP contribution in [0, 0.1) is 5.41 Å². The molecule has 6 heteroatoms. The topological polar surface area (TPSA) is 69.7 Å². The highest BCUT2D eigenvalue weighted by Gasteiger charge is 2.58. The van der Waals surface area contributed by atoms with E-state index in [-0.39, 0.29) is 17.4 Å². The first-order valence-electron chi connectivity index (χ1n) is 7.10. The fraction of sp³-hybridized carbons (Fsp3) is 0.786. The van der Waals surface area contributed by atoms with E-state index in [2.05, 4.69) is 5.32 Å². The molecule has 0 bridgehead atoms. The van der Waals surface area contributed by atoms with Gasteiger partial charge in [-0.1, -0.05) is 0 Å². The summed E-state index contributed by atoms with van der Waals surface area (Å²) in [4.78, 5) is 38.9. The molecule has 6 nitrogen and oxygen atoms in total. The summed E-state index contributed by atoms with van der Waals surface area (Å²) >= 11 is 0. The summed E-state index contributed by atoms with van der Waals surface area (Å²) in [6.45, 7) is 7.86. The van der Waals surface area contributed by atoms with Gasteiger partial charge in [0.25, 0.3) is 0 Å². The fourth-order valence-corrected chi connectivity index (χ4v) is 2.46. The zero-order chi connectivity index (χ0) is 15.0. The Morgan fingerprint density at radius 1 is 1.10 bits per heavy atom. The number of nitrogens with one attached hydrogen (secondary N) is 1. The van der Waals surface area contributed by atoms with Gasteiger partial charge in [-0.25, -0.2) is 0 Å². The maximum atomic E-state index is 12.6. The lowest BCUT2D eigenvalue weighted by Crippen LogP contribution is -2.54. The van der Waals surface area contributed by atoms with Gasteiger partial charge in [0.1, 0.15) is 5.41 Å². The van der Waals surface area contributed by atoms with Crippen LogP contribution in [0.4, 0.5) is 0 Å². The molecule has 2 fully saturated rings. The molecule has 1 saturated carbocycles. The lowest BCUT2D eigenvalue weighted by atomic mass is 10.0. The highest BCUT2D eigenvalue weighted by molar-refractivity contribution is 6.08. The second-order valence-electron chi connectivity index (χ2n) is 6.72. The van der Waals surface area contributed by atoms with Gasteiger partial charge in [0.2, 0.25) is 18.2 Å². The van der Waals surface area contributed by atoms with Crippen molar-refractivity contribution in [1.82, 2.24) is 15.1 Å². The Balaban J connectivity index is 1.98. The molecule has 1 heterocycles. The summed E-state index contributed by atoms with van der Waals surface area (Å²) in [7, 11) is 0. The van der Waals surface area contributed by atoms with E-state index in [1.807, 2.05) is 20.8 Å². The number of piperazine rings is 1. The molecule has 3 amide bonds. The third-order valence-corrected chi connectivity index (χ3v) is 3.83. The molecule has 20 heavy (non-hydrogen) atoms. The number of nitrogens with zero attached hydrogens (tertiary/aromatic N) is 2. The van der Waals surface area contributed by atoms with E-state index >= 15 is 0 Å². The Hall–Kier alpha value is -1.59. The molecule has 0 aromatic rings. The molecule has 0 aromatic heterocycles. The van der Waals surface area contributed by atoms with E-state index in [1.165, 1.54) is 0 Å². The quantitative estimate of drug-likeness (QED) is 0.584. The van der Waals surface area contributed by atoms with Gasteiger partial charge < -0.3 is 15.1 Å². The van der Waals surface area contributed by atoms with E-state index in [4.69, 9.17) is 0 Å². The third-order valence-electron chi connectivity index (χ3n) is 3.83. The Morgan fingerprint density at radius 3 is 2.05 bits per heavy atom. The van der Waals surface area contributed by atoms with Crippen LogP contribution >= 0.6 is 0 Å². The number of carbonyl (C=O) groups is 3. The Morgan fingerprint density at radius 2 is 1.65 bits per heavy atom. The van der Waals surface area contributed by atoms with E-state index in [1.54, 1.807) is 9.80 Å². The van der Waals surface area contributed by atoms with Crippen molar-refractivity contribution in [3.8, 4) is 0 Å². The summed E-state index contributed by atoms with van der Waals surface area (Å²) in [6.07, 6.45) is 2.06. The number of hydrogen-bond donors (Lipinski definition) is 1. The largest absolute Gasteiger partial charge is 0.351 e. The monoisotopic (exact) mass is 281 g/mol. The molecule has 0 radical (unpaired) electrons. The van der Waals surface area contributed by atoms with Crippen molar-refractivity contribution in [2.24, 2.45) is 5.41 Å². The summed E-state index contributed by atoms with van der Waals surface area (Å²) in [6, 6.07) is 0. The molecule has 2 rings (SSSR count). The Kier molecular flexibility index (Phi) is 3.75. The predicted molar refractivity (Wildman–Crippen MR) is 73.8 cm³/mol. The average molecular weight is 281 g/mol. The number of rotatable bonds is 3. The van der Waals surface area contributed by atoms with Gasteiger partial charge in [0.15, 0.2) is 0 Å². The maximum absolute atomic E-state index is 12.6. The minimum atomic E-state index is -0.851. The van der Waals surface area contributed by atoms with Crippen LogP contribution in [0.25, 0.3) is 0 Å². The van der Waals surface area contributed by atoms with Gasteiger partial charge in [-0.15, -0.1) is 0 Å². The Labute approximate surface area is 119 Å². The van der Waals surface area contributed by atoms with Crippen LogP contribution in [-0.2, 0) is 14.4 Å². The van der Waals surface area contributed by atoms with E-state index in [0.29, 0.717) is 39.0 Å². The zero-order valence-electron chi connectivity index (χ0n) is 12.4. The molecular formula is C14H23N3O3. The van der Waals surface area contributed by atoms with Gasteiger partial charge in [-0.05, 0) is 33.6 Å². The molecule has 0 atom stereocenters. The number of carbonyl (C=O) groups excluding carboxylic acids is 3. The molecular weight excluding hydrogens is 258 g/mol. The second kappa shape index (κ2) is 5.07. The molecule has 1 N–H and O–H groups in total. The molecule has 0 unspecified atom stereocenters. The maximum Gasteiger partial charge on any atom is 0.238 e. The van der Waals surface area contributed by atoms with Crippen molar-refractivity contribution in [1.29, 1.82) is 0 Å². The fourth-order valence-electron chi connectivity index (χ4n) is 2.46. The first-order valence-corrected chi connectivity index (χ1v) is 7.10. The van der Waals surface area contributed by atoms with Crippen LogP contribution in [0.1, 0.15) is 33.6 Å². The number of amides is 3. The van der Waals surface area contributed by atoms with Gasteiger partial charge in [-0.3, -0.25) is 14.4 Å². The molecule has 0 spiro atoms. The molecule has 2 aliphatic rings. The minimum absolute atomic E-state index is 0.0789. The van der Waals surface area contributed by atoms with Gasteiger partial charge >= 0.3 is 0 Å². The molecule has 0 aromatic carbocycles.